The van der Waals surface area contributed by atoms with Crippen molar-refractivity contribution in [2.75, 3.05) is 0 Å². The Hall–Kier alpha value is -2.56. The number of aromatic nitrogens is 1. The Kier molecular flexibility index (Phi) is 5.45. The maximum Gasteiger partial charge on any atom is 0.191 e. The fraction of sp³-hybridized carbons (Fsp3) is 0.100. The van der Waals surface area contributed by atoms with E-state index in [1.165, 1.54) is 0 Å². The maximum absolute atomic E-state index is 6.41. The minimum Gasteiger partial charge on any atom is -0.370 e. The minimum atomic E-state index is 0.0223. The van der Waals surface area contributed by atoms with Crippen LogP contribution in [-0.4, -0.2) is 10.9 Å². The largest absolute Gasteiger partial charge is 0.370 e. The van der Waals surface area contributed by atoms with Gasteiger partial charge in [-0.1, -0.05) is 60.5 Å². The van der Waals surface area contributed by atoms with E-state index in [1.54, 1.807) is 12.3 Å². The molecule has 0 aliphatic rings. The standard InChI is InChI=1S/C20H18Cl2N4/c1-2-4-17(26-20(23)24)13-8-7-12-9-10-25-19(15(12)11-13)14-5-3-6-16(21)18(14)22/h3-11H,2H2,1H3,(H4,23,24,26)/b17-4-. The van der Waals surface area contributed by atoms with E-state index in [-0.39, 0.29) is 5.96 Å². The van der Waals surface area contributed by atoms with Crippen molar-refractivity contribution in [3.8, 4) is 11.3 Å². The Morgan fingerprint density at radius 1 is 1.15 bits per heavy atom. The zero-order chi connectivity index (χ0) is 18.7. The van der Waals surface area contributed by atoms with Crippen molar-refractivity contribution < 1.29 is 0 Å². The number of rotatable bonds is 4. The molecule has 1 aromatic heterocycles. The Bertz CT molecular complexity index is 1020. The Balaban J connectivity index is 2.25. The van der Waals surface area contributed by atoms with Crippen molar-refractivity contribution in [1.29, 1.82) is 0 Å². The summed E-state index contributed by atoms with van der Waals surface area (Å²) in [6, 6.07) is 13.5. The smallest absolute Gasteiger partial charge is 0.191 e. The van der Waals surface area contributed by atoms with Gasteiger partial charge in [0.2, 0.25) is 0 Å². The van der Waals surface area contributed by atoms with Gasteiger partial charge < -0.3 is 11.5 Å². The molecular formula is C20H18Cl2N4. The summed E-state index contributed by atoms with van der Waals surface area (Å²) in [5, 5.41) is 2.96. The number of halogens is 2. The molecule has 26 heavy (non-hydrogen) atoms. The van der Waals surface area contributed by atoms with Crippen LogP contribution in [0.5, 0.6) is 0 Å². The molecule has 0 bridgehead atoms. The average molecular weight is 385 g/mol. The number of fused-ring (bicyclic) bond motifs is 1. The number of guanidine groups is 1. The molecule has 2 aromatic carbocycles. The van der Waals surface area contributed by atoms with Gasteiger partial charge in [0.1, 0.15) is 0 Å². The number of pyridine rings is 1. The Labute approximate surface area is 162 Å². The van der Waals surface area contributed by atoms with Crippen molar-refractivity contribution in [2.24, 2.45) is 16.5 Å². The molecule has 0 unspecified atom stereocenters. The lowest BCUT2D eigenvalue weighted by Crippen LogP contribution is -2.22. The van der Waals surface area contributed by atoms with Gasteiger partial charge in [-0.2, -0.15) is 0 Å². The minimum absolute atomic E-state index is 0.0223. The first kappa shape index (κ1) is 18.2. The summed E-state index contributed by atoms with van der Waals surface area (Å²) in [4.78, 5) is 8.78. The quantitative estimate of drug-likeness (QED) is 0.477. The van der Waals surface area contributed by atoms with E-state index in [2.05, 4.69) is 9.98 Å². The van der Waals surface area contributed by atoms with Crippen molar-refractivity contribution in [2.45, 2.75) is 13.3 Å². The molecule has 0 atom stereocenters. The van der Waals surface area contributed by atoms with E-state index in [4.69, 9.17) is 34.7 Å². The molecule has 3 aromatic rings. The van der Waals surface area contributed by atoms with Crippen LogP contribution in [0.3, 0.4) is 0 Å². The first-order valence-corrected chi connectivity index (χ1v) is 8.90. The summed E-state index contributed by atoms with van der Waals surface area (Å²) in [5.74, 6) is 0.0223. The molecule has 0 fully saturated rings. The number of nitrogens with two attached hydrogens (primary N) is 2. The Morgan fingerprint density at radius 2 is 1.96 bits per heavy atom. The highest BCUT2D eigenvalue weighted by molar-refractivity contribution is 6.43. The van der Waals surface area contributed by atoms with E-state index in [0.717, 1.165) is 39.7 Å². The van der Waals surface area contributed by atoms with Gasteiger partial charge in [0.25, 0.3) is 0 Å². The predicted molar refractivity (Wildman–Crippen MR) is 111 cm³/mol. The second-order valence-corrected chi connectivity index (χ2v) is 6.52. The molecule has 0 radical (unpaired) electrons. The molecule has 3 rings (SSSR count). The van der Waals surface area contributed by atoms with Crippen LogP contribution in [0.25, 0.3) is 27.7 Å². The summed E-state index contributed by atoms with van der Waals surface area (Å²) in [7, 11) is 0. The second kappa shape index (κ2) is 7.77. The fourth-order valence-electron chi connectivity index (χ4n) is 2.79. The van der Waals surface area contributed by atoms with Gasteiger partial charge in [-0.15, -0.1) is 0 Å². The number of hydrogen-bond donors (Lipinski definition) is 2. The van der Waals surface area contributed by atoms with Gasteiger partial charge in [-0.25, -0.2) is 4.99 Å². The fourth-order valence-corrected chi connectivity index (χ4v) is 3.18. The lowest BCUT2D eigenvalue weighted by molar-refractivity contribution is 1.21. The van der Waals surface area contributed by atoms with Crippen LogP contribution >= 0.6 is 23.2 Å². The highest BCUT2D eigenvalue weighted by atomic mass is 35.5. The van der Waals surface area contributed by atoms with Crippen LogP contribution < -0.4 is 11.5 Å². The van der Waals surface area contributed by atoms with E-state index in [9.17, 15) is 0 Å². The SMILES string of the molecule is CC/C=C(\N=C(N)N)c1ccc2ccnc(-c3cccc(Cl)c3Cl)c2c1. The molecule has 0 spiro atoms. The highest BCUT2D eigenvalue weighted by Crippen LogP contribution is 2.36. The lowest BCUT2D eigenvalue weighted by Gasteiger charge is -2.11. The van der Waals surface area contributed by atoms with E-state index in [1.807, 2.05) is 49.4 Å². The van der Waals surface area contributed by atoms with Gasteiger partial charge >= 0.3 is 0 Å². The number of aliphatic imine (C=N–C) groups is 1. The van der Waals surface area contributed by atoms with Gasteiger partial charge in [-0.3, -0.25) is 4.98 Å². The summed E-state index contributed by atoms with van der Waals surface area (Å²) in [5.41, 5.74) is 14.3. The average Bonchev–Trinajstić information content (AvgIpc) is 2.62. The molecule has 0 saturated carbocycles. The molecule has 0 amide bonds. The van der Waals surface area contributed by atoms with E-state index >= 15 is 0 Å². The van der Waals surface area contributed by atoms with Crippen molar-refractivity contribution in [1.82, 2.24) is 4.98 Å². The molecule has 0 aliphatic heterocycles. The Morgan fingerprint density at radius 3 is 2.69 bits per heavy atom. The van der Waals surface area contributed by atoms with Gasteiger partial charge in [0.15, 0.2) is 5.96 Å². The van der Waals surface area contributed by atoms with Crippen LogP contribution in [0.4, 0.5) is 0 Å². The maximum atomic E-state index is 6.41. The summed E-state index contributed by atoms with van der Waals surface area (Å²) in [6.45, 7) is 2.03. The number of hydrogen-bond acceptors (Lipinski definition) is 2. The molecule has 4 nitrogen and oxygen atoms in total. The monoisotopic (exact) mass is 384 g/mol. The highest BCUT2D eigenvalue weighted by Gasteiger charge is 2.12. The lowest BCUT2D eigenvalue weighted by atomic mass is 10.0. The first-order valence-electron chi connectivity index (χ1n) is 8.14. The van der Waals surface area contributed by atoms with Crippen molar-refractivity contribution >= 4 is 45.6 Å². The number of nitrogens with zero attached hydrogens (tertiary/aromatic N) is 2. The van der Waals surface area contributed by atoms with Gasteiger partial charge in [0, 0.05) is 22.7 Å². The normalized spacial score (nSPS) is 11.6. The van der Waals surface area contributed by atoms with Crippen LogP contribution in [-0.2, 0) is 0 Å². The van der Waals surface area contributed by atoms with Crippen molar-refractivity contribution in [3.63, 3.8) is 0 Å². The topological polar surface area (TPSA) is 77.3 Å². The van der Waals surface area contributed by atoms with Crippen LogP contribution in [0.1, 0.15) is 18.9 Å². The van der Waals surface area contributed by atoms with Crippen LogP contribution in [0.2, 0.25) is 10.0 Å². The van der Waals surface area contributed by atoms with E-state index in [0.29, 0.717) is 10.0 Å². The predicted octanol–water partition coefficient (Wildman–Crippen LogP) is 5.23. The van der Waals surface area contributed by atoms with Gasteiger partial charge in [-0.05, 0) is 30.0 Å². The summed E-state index contributed by atoms with van der Waals surface area (Å²) < 4.78 is 0. The van der Waals surface area contributed by atoms with Gasteiger partial charge in [0.05, 0.1) is 21.4 Å². The number of benzene rings is 2. The molecule has 132 valence electrons. The molecule has 1 heterocycles. The molecule has 0 saturated heterocycles. The van der Waals surface area contributed by atoms with Crippen molar-refractivity contribution in [3.05, 3.63) is 70.3 Å². The molecule has 4 N–H and O–H groups in total. The zero-order valence-corrected chi connectivity index (χ0v) is 15.7. The van der Waals surface area contributed by atoms with Crippen LogP contribution in [0.15, 0.2) is 59.7 Å². The summed E-state index contributed by atoms with van der Waals surface area (Å²) >= 11 is 12.6. The molecular weight excluding hydrogens is 367 g/mol. The third-order valence-corrected chi connectivity index (χ3v) is 4.73. The zero-order valence-electron chi connectivity index (χ0n) is 14.2. The first-order chi connectivity index (χ1) is 12.5. The third-order valence-electron chi connectivity index (χ3n) is 3.92. The van der Waals surface area contributed by atoms with E-state index < -0.39 is 0 Å². The second-order valence-electron chi connectivity index (χ2n) is 5.73. The molecule has 6 heteroatoms. The third kappa shape index (κ3) is 3.66. The summed E-state index contributed by atoms with van der Waals surface area (Å²) in [6.07, 6.45) is 4.54. The van der Waals surface area contributed by atoms with Crippen LogP contribution in [0, 0.1) is 0 Å². The number of allylic oxidation sites excluding steroid dienone is 1. The molecule has 0 aliphatic carbocycles.